The molecule has 37 heavy (non-hydrogen) atoms. The summed E-state index contributed by atoms with van der Waals surface area (Å²) in [4.78, 5) is 22.3. The Bertz CT molecular complexity index is 938. The van der Waals surface area contributed by atoms with Gasteiger partial charge in [0.1, 0.15) is 5.69 Å². The quantitative estimate of drug-likeness (QED) is 0.394. The fourth-order valence-corrected chi connectivity index (χ4v) is 2.76. The van der Waals surface area contributed by atoms with Crippen molar-refractivity contribution in [2.45, 2.75) is 45.0 Å². The molecular formula is C20H27F6N5O6. The maximum absolute atomic E-state index is 10.6. The SMILES string of the molecule is CN(C)CCOCc1nnn2c1CN(Cc1ccoc1)CCC2.O=C(O)C(F)(F)F.O=C(O)C(F)(F)F. The van der Waals surface area contributed by atoms with Gasteiger partial charge in [0.2, 0.25) is 0 Å². The number of alkyl halides is 6. The highest BCUT2D eigenvalue weighted by Gasteiger charge is 2.38. The largest absolute Gasteiger partial charge is 0.490 e. The molecule has 0 saturated heterocycles. The lowest BCUT2D eigenvalue weighted by molar-refractivity contribution is -0.193. The van der Waals surface area contributed by atoms with Crippen molar-refractivity contribution in [3.63, 3.8) is 0 Å². The highest BCUT2D eigenvalue weighted by molar-refractivity contribution is 5.73. The first-order chi connectivity index (χ1) is 17.1. The van der Waals surface area contributed by atoms with Crippen LogP contribution in [0.1, 0.15) is 23.4 Å². The number of aryl methyl sites for hydroxylation is 1. The Balaban J connectivity index is 0.000000404. The average Bonchev–Trinajstić information content (AvgIpc) is 3.36. The van der Waals surface area contributed by atoms with Crippen molar-refractivity contribution in [3.05, 3.63) is 35.5 Å². The summed E-state index contributed by atoms with van der Waals surface area (Å²) in [6.45, 7) is 5.86. The van der Waals surface area contributed by atoms with Gasteiger partial charge in [0.15, 0.2) is 0 Å². The van der Waals surface area contributed by atoms with Crippen LogP contribution < -0.4 is 0 Å². The predicted molar refractivity (Wildman–Crippen MR) is 113 cm³/mol. The number of rotatable bonds is 7. The number of aromatic nitrogens is 3. The van der Waals surface area contributed by atoms with E-state index in [1.807, 2.05) is 31.1 Å². The summed E-state index contributed by atoms with van der Waals surface area (Å²) in [7, 11) is 4.09. The van der Waals surface area contributed by atoms with E-state index in [1.165, 1.54) is 11.3 Å². The lowest BCUT2D eigenvalue weighted by Crippen LogP contribution is -2.23. The molecule has 0 aromatic carbocycles. The summed E-state index contributed by atoms with van der Waals surface area (Å²) in [5.41, 5.74) is 3.34. The Kier molecular flexibility index (Phi) is 12.5. The van der Waals surface area contributed by atoms with Gasteiger partial charge in [-0.15, -0.1) is 5.10 Å². The van der Waals surface area contributed by atoms with E-state index in [1.54, 1.807) is 6.26 Å². The molecule has 0 bridgehead atoms. The first-order valence-electron chi connectivity index (χ1n) is 10.6. The highest BCUT2D eigenvalue weighted by Crippen LogP contribution is 2.18. The predicted octanol–water partition coefficient (Wildman–Crippen LogP) is 2.62. The van der Waals surface area contributed by atoms with Crippen molar-refractivity contribution in [1.82, 2.24) is 24.8 Å². The third kappa shape index (κ3) is 12.6. The summed E-state index contributed by atoms with van der Waals surface area (Å²) in [5.74, 6) is -5.51. The van der Waals surface area contributed by atoms with E-state index in [2.05, 4.69) is 20.1 Å². The van der Waals surface area contributed by atoms with Crippen LogP contribution in [-0.2, 0) is 40.6 Å². The monoisotopic (exact) mass is 547 g/mol. The fraction of sp³-hybridized carbons (Fsp3) is 0.600. The third-order valence-corrected chi connectivity index (χ3v) is 4.53. The summed E-state index contributed by atoms with van der Waals surface area (Å²) in [6.07, 6.45) is -5.55. The molecule has 0 radical (unpaired) electrons. The van der Waals surface area contributed by atoms with Crippen molar-refractivity contribution >= 4 is 11.9 Å². The molecule has 2 aromatic rings. The molecule has 1 aliphatic rings. The van der Waals surface area contributed by atoms with Gasteiger partial charge in [0, 0.05) is 38.3 Å². The van der Waals surface area contributed by atoms with Crippen LogP contribution in [0, 0.1) is 0 Å². The van der Waals surface area contributed by atoms with Crippen LogP contribution in [0.2, 0.25) is 0 Å². The molecule has 0 aliphatic carbocycles. The van der Waals surface area contributed by atoms with E-state index in [9.17, 15) is 26.3 Å². The van der Waals surface area contributed by atoms with Crippen LogP contribution in [0.3, 0.4) is 0 Å². The third-order valence-electron chi connectivity index (χ3n) is 4.53. The van der Waals surface area contributed by atoms with Gasteiger partial charge in [-0.05, 0) is 26.6 Å². The van der Waals surface area contributed by atoms with Gasteiger partial charge in [-0.2, -0.15) is 26.3 Å². The number of halogens is 6. The number of fused-ring (bicyclic) bond motifs is 1. The zero-order chi connectivity index (χ0) is 28.2. The normalized spacial score (nSPS) is 14.1. The fourth-order valence-electron chi connectivity index (χ4n) is 2.76. The van der Waals surface area contributed by atoms with Crippen LogP contribution in [-0.4, -0.2) is 93.1 Å². The van der Waals surface area contributed by atoms with E-state index >= 15 is 0 Å². The van der Waals surface area contributed by atoms with Gasteiger partial charge in [-0.1, -0.05) is 5.21 Å². The summed E-state index contributed by atoms with van der Waals surface area (Å²) in [6, 6.07) is 2.02. The molecule has 3 heterocycles. The maximum Gasteiger partial charge on any atom is 0.490 e. The minimum Gasteiger partial charge on any atom is -0.475 e. The molecule has 2 aromatic heterocycles. The van der Waals surface area contributed by atoms with Crippen molar-refractivity contribution in [3.8, 4) is 0 Å². The Morgan fingerprint density at radius 2 is 1.70 bits per heavy atom. The topological polar surface area (TPSA) is 134 Å². The lowest BCUT2D eigenvalue weighted by atomic mass is 10.2. The van der Waals surface area contributed by atoms with Crippen molar-refractivity contribution in [2.75, 3.05) is 33.8 Å². The summed E-state index contributed by atoms with van der Waals surface area (Å²) in [5, 5.41) is 22.9. The lowest BCUT2D eigenvalue weighted by Gasteiger charge is -2.18. The van der Waals surface area contributed by atoms with E-state index in [-0.39, 0.29) is 0 Å². The first kappa shape index (κ1) is 31.8. The molecule has 0 unspecified atom stereocenters. The Morgan fingerprint density at radius 1 is 1.11 bits per heavy atom. The Hall–Kier alpha value is -3.18. The molecule has 2 N–H and O–H groups in total. The van der Waals surface area contributed by atoms with Crippen LogP contribution in [0.15, 0.2) is 23.0 Å². The average molecular weight is 547 g/mol. The summed E-state index contributed by atoms with van der Waals surface area (Å²) < 4.78 is 76.4. The molecular weight excluding hydrogens is 520 g/mol. The molecule has 0 fully saturated rings. The van der Waals surface area contributed by atoms with Crippen molar-refractivity contribution in [2.24, 2.45) is 0 Å². The van der Waals surface area contributed by atoms with Gasteiger partial charge in [0.05, 0.1) is 31.4 Å². The number of furan rings is 1. The second-order valence-corrected chi connectivity index (χ2v) is 7.86. The number of carboxylic acids is 2. The molecule has 11 nitrogen and oxygen atoms in total. The molecule has 210 valence electrons. The molecule has 0 amide bonds. The van der Waals surface area contributed by atoms with Gasteiger partial charge in [-0.3, -0.25) is 4.90 Å². The van der Waals surface area contributed by atoms with Gasteiger partial charge < -0.3 is 24.3 Å². The Labute approximate surface area is 207 Å². The van der Waals surface area contributed by atoms with Gasteiger partial charge in [-0.25, -0.2) is 14.3 Å². The minimum atomic E-state index is -5.08. The van der Waals surface area contributed by atoms with E-state index in [0.29, 0.717) is 13.2 Å². The number of hydrogen-bond donors (Lipinski definition) is 2. The molecule has 3 rings (SSSR count). The number of carboxylic acid groups (broad SMARTS) is 2. The van der Waals surface area contributed by atoms with Crippen molar-refractivity contribution in [1.29, 1.82) is 0 Å². The minimum absolute atomic E-state index is 0.530. The van der Waals surface area contributed by atoms with Crippen LogP contribution in [0.5, 0.6) is 0 Å². The van der Waals surface area contributed by atoms with Crippen LogP contribution in [0.4, 0.5) is 26.3 Å². The molecule has 17 heteroatoms. The smallest absolute Gasteiger partial charge is 0.475 e. The molecule has 1 aliphatic heterocycles. The number of aliphatic carboxylic acids is 2. The number of likely N-dealkylation sites (N-methyl/N-ethyl adjacent to an activating group) is 1. The van der Waals surface area contributed by atoms with Crippen molar-refractivity contribution < 1.29 is 55.3 Å². The molecule has 0 spiro atoms. The Morgan fingerprint density at radius 3 is 2.19 bits per heavy atom. The first-order valence-corrected chi connectivity index (χ1v) is 10.6. The molecule has 0 atom stereocenters. The standard InChI is InChI=1S/C16H25N5O2.2C2HF3O2/c1-19(2)7-9-23-13-15-16-11-20(10-14-4-8-22-12-14)5-3-6-21(16)18-17-15;2*3-2(4,5)1(6)7/h4,8,12H,3,5-7,9-11,13H2,1-2H3;2*(H,6,7). The van der Waals surface area contributed by atoms with E-state index in [0.717, 1.165) is 44.8 Å². The zero-order valence-electron chi connectivity index (χ0n) is 19.9. The number of carbonyl (C=O) groups is 2. The maximum atomic E-state index is 10.6. The second kappa shape index (κ2) is 14.5. The van der Waals surface area contributed by atoms with Crippen LogP contribution >= 0.6 is 0 Å². The second-order valence-electron chi connectivity index (χ2n) is 7.86. The number of hydrogen-bond acceptors (Lipinski definition) is 8. The zero-order valence-corrected chi connectivity index (χ0v) is 19.9. The van der Waals surface area contributed by atoms with E-state index in [4.69, 9.17) is 29.0 Å². The van der Waals surface area contributed by atoms with E-state index < -0.39 is 24.3 Å². The number of nitrogens with zero attached hydrogens (tertiary/aromatic N) is 5. The highest BCUT2D eigenvalue weighted by atomic mass is 19.4. The van der Waals surface area contributed by atoms with Gasteiger partial charge in [0.25, 0.3) is 0 Å². The van der Waals surface area contributed by atoms with Crippen LogP contribution in [0.25, 0.3) is 0 Å². The number of ether oxygens (including phenoxy) is 1. The van der Waals surface area contributed by atoms with Gasteiger partial charge >= 0.3 is 24.3 Å². The summed E-state index contributed by atoms with van der Waals surface area (Å²) >= 11 is 0. The molecule has 0 saturated carbocycles.